The Bertz CT molecular complexity index is 638. The number of thiophene rings is 1. The quantitative estimate of drug-likeness (QED) is 0.757. The van der Waals surface area contributed by atoms with Crippen molar-refractivity contribution in [3.05, 3.63) is 16.3 Å². The van der Waals surface area contributed by atoms with Crippen molar-refractivity contribution in [3.8, 4) is 0 Å². The van der Waals surface area contributed by atoms with E-state index >= 15 is 0 Å². The van der Waals surface area contributed by atoms with E-state index in [-0.39, 0.29) is 29.5 Å². The second kappa shape index (κ2) is 5.48. The molecule has 0 saturated carbocycles. The molecule has 1 aliphatic heterocycles. The molecule has 0 radical (unpaired) electrons. The fourth-order valence-corrected chi connectivity index (χ4v) is 4.47. The number of hydrogen-bond acceptors (Lipinski definition) is 6. The number of nitrogens with zero attached hydrogens (tertiary/aromatic N) is 1. The van der Waals surface area contributed by atoms with Crippen LogP contribution in [0.5, 0.6) is 0 Å². The number of amides is 1. The van der Waals surface area contributed by atoms with Gasteiger partial charge in [-0.3, -0.25) is 4.79 Å². The normalized spacial score (nSPS) is 20.7. The maximum atomic E-state index is 12.4. The Kier molecular flexibility index (Phi) is 4.09. The molecule has 1 unspecified atom stereocenters. The minimum atomic E-state index is -3.97. The van der Waals surface area contributed by atoms with Crippen LogP contribution in [0.25, 0.3) is 0 Å². The Morgan fingerprint density at radius 1 is 1.50 bits per heavy atom. The molecular formula is C10H12N2O6S2. The van der Waals surface area contributed by atoms with Crippen molar-refractivity contribution in [2.24, 2.45) is 5.73 Å². The van der Waals surface area contributed by atoms with E-state index in [1.54, 1.807) is 0 Å². The van der Waals surface area contributed by atoms with E-state index < -0.39 is 27.9 Å². The number of nitrogens with two attached hydrogens (primary N) is 1. The molecule has 1 aliphatic rings. The number of ether oxygens (including phenoxy) is 1. The highest BCUT2D eigenvalue weighted by Gasteiger charge is 2.37. The molecule has 0 spiro atoms. The summed E-state index contributed by atoms with van der Waals surface area (Å²) in [5, 5.41) is 10.1. The van der Waals surface area contributed by atoms with Gasteiger partial charge in [0, 0.05) is 11.9 Å². The van der Waals surface area contributed by atoms with Crippen molar-refractivity contribution >= 4 is 33.2 Å². The number of carbonyl (C=O) groups is 2. The van der Waals surface area contributed by atoms with Crippen LogP contribution in [0.3, 0.4) is 0 Å². The Morgan fingerprint density at radius 3 is 2.75 bits per heavy atom. The average Bonchev–Trinajstić information content (AvgIpc) is 2.89. The number of sulfonamides is 1. The van der Waals surface area contributed by atoms with E-state index in [1.165, 1.54) is 5.38 Å². The van der Waals surface area contributed by atoms with Crippen LogP contribution in [0.15, 0.2) is 16.3 Å². The first-order chi connectivity index (χ1) is 9.34. The lowest BCUT2D eigenvalue weighted by Crippen LogP contribution is -2.54. The van der Waals surface area contributed by atoms with Crippen LogP contribution < -0.4 is 5.73 Å². The van der Waals surface area contributed by atoms with Crippen LogP contribution in [0.4, 0.5) is 0 Å². The highest BCUT2D eigenvalue weighted by atomic mass is 32.2. The lowest BCUT2D eigenvalue weighted by molar-refractivity contribution is -0.125. The molecule has 0 aliphatic carbocycles. The zero-order chi connectivity index (χ0) is 14.9. The third kappa shape index (κ3) is 2.68. The highest BCUT2D eigenvalue weighted by Crippen LogP contribution is 2.25. The highest BCUT2D eigenvalue weighted by molar-refractivity contribution is 7.89. The third-order valence-electron chi connectivity index (χ3n) is 2.80. The molecule has 1 aromatic rings. The number of aromatic carboxylic acids is 1. The summed E-state index contributed by atoms with van der Waals surface area (Å²) in [6, 6.07) is -0.0162. The Hall–Kier alpha value is -1.49. The fraction of sp³-hybridized carbons (Fsp3) is 0.400. The first-order valence-electron chi connectivity index (χ1n) is 5.55. The molecule has 8 nitrogen and oxygen atoms in total. The minimum Gasteiger partial charge on any atom is -0.477 e. The molecule has 1 saturated heterocycles. The van der Waals surface area contributed by atoms with Crippen LogP contribution in [-0.4, -0.2) is 55.5 Å². The topological polar surface area (TPSA) is 127 Å². The number of rotatable bonds is 4. The Morgan fingerprint density at radius 2 is 2.20 bits per heavy atom. The average molecular weight is 320 g/mol. The summed E-state index contributed by atoms with van der Waals surface area (Å²) in [6.45, 7) is 0.0393. The van der Waals surface area contributed by atoms with E-state index in [0.717, 1.165) is 21.7 Å². The molecule has 2 heterocycles. The molecule has 20 heavy (non-hydrogen) atoms. The predicted molar refractivity (Wildman–Crippen MR) is 69.0 cm³/mol. The standard InChI is InChI=1S/C10H12N2O6S2/c11-9(13)7-4-18-2-1-12(7)20(16,17)6-3-8(10(14)15)19-5-6/h3,5,7H,1-2,4H2,(H2,11,13)(H,14,15). The second-order valence-electron chi connectivity index (χ2n) is 4.06. The van der Waals surface area contributed by atoms with E-state index in [0.29, 0.717) is 0 Å². The summed E-state index contributed by atoms with van der Waals surface area (Å²) in [5.41, 5.74) is 5.17. The molecule has 1 atom stereocenters. The first-order valence-corrected chi connectivity index (χ1v) is 7.86. The molecular weight excluding hydrogens is 308 g/mol. The summed E-state index contributed by atoms with van der Waals surface area (Å²) in [7, 11) is -3.97. The largest absolute Gasteiger partial charge is 0.477 e. The maximum absolute atomic E-state index is 12.4. The zero-order valence-corrected chi connectivity index (χ0v) is 11.8. The number of carboxylic acid groups (broad SMARTS) is 1. The molecule has 1 amide bonds. The summed E-state index contributed by atoms with van der Waals surface area (Å²) in [4.78, 5) is 21.8. The van der Waals surface area contributed by atoms with Gasteiger partial charge in [-0.05, 0) is 6.07 Å². The monoisotopic (exact) mass is 320 g/mol. The van der Waals surface area contributed by atoms with Crippen LogP contribution >= 0.6 is 11.3 Å². The van der Waals surface area contributed by atoms with Gasteiger partial charge in [-0.1, -0.05) is 0 Å². The van der Waals surface area contributed by atoms with Crippen molar-refractivity contribution in [3.63, 3.8) is 0 Å². The van der Waals surface area contributed by atoms with Crippen molar-refractivity contribution in [2.75, 3.05) is 19.8 Å². The number of hydrogen-bond donors (Lipinski definition) is 2. The van der Waals surface area contributed by atoms with Crippen LogP contribution in [0.2, 0.25) is 0 Å². The zero-order valence-electron chi connectivity index (χ0n) is 10.2. The van der Waals surface area contributed by atoms with E-state index in [2.05, 4.69) is 0 Å². The van der Waals surface area contributed by atoms with Crippen molar-refractivity contribution < 1.29 is 27.9 Å². The summed E-state index contributed by atoms with van der Waals surface area (Å²) >= 11 is 0.805. The lowest BCUT2D eigenvalue weighted by Gasteiger charge is -2.32. The van der Waals surface area contributed by atoms with Gasteiger partial charge in [0.25, 0.3) is 0 Å². The van der Waals surface area contributed by atoms with E-state index in [1.807, 2.05) is 0 Å². The molecule has 10 heteroatoms. The first kappa shape index (κ1) is 14.9. The van der Waals surface area contributed by atoms with Gasteiger partial charge < -0.3 is 15.6 Å². The number of carboxylic acids is 1. The Labute approximate surface area is 118 Å². The SMILES string of the molecule is NC(=O)C1COCCN1S(=O)(=O)c1csc(C(=O)O)c1. The summed E-state index contributed by atoms with van der Waals surface area (Å²) in [6.07, 6.45) is 0. The minimum absolute atomic E-state index is 0.00576. The van der Waals surface area contributed by atoms with Crippen molar-refractivity contribution in [1.29, 1.82) is 0 Å². The van der Waals surface area contributed by atoms with Gasteiger partial charge in [0.15, 0.2) is 0 Å². The van der Waals surface area contributed by atoms with Crippen LogP contribution in [0.1, 0.15) is 9.67 Å². The number of primary amides is 1. The van der Waals surface area contributed by atoms with Gasteiger partial charge in [-0.25, -0.2) is 13.2 Å². The molecule has 110 valence electrons. The lowest BCUT2D eigenvalue weighted by atomic mass is 10.3. The third-order valence-corrected chi connectivity index (χ3v) is 5.75. The van der Waals surface area contributed by atoms with E-state index in [4.69, 9.17) is 15.6 Å². The molecule has 0 bridgehead atoms. The van der Waals surface area contributed by atoms with Gasteiger partial charge in [-0.2, -0.15) is 4.31 Å². The van der Waals surface area contributed by atoms with Crippen molar-refractivity contribution in [1.82, 2.24) is 4.31 Å². The number of morpholine rings is 1. The maximum Gasteiger partial charge on any atom is 0.345 e. The Balaban J connectivity index is 2.36. The number of carbonyl (C=O) groups excluding carboxylic acids is 1. The van der Waals surface area contributed by atoms with Gasteiger partial charge in [0.05, 0.1) is 18.1 Å². The van der Waals surface area contributed by atoms with Gasteiger partial charge in [0.1, 0.15) is 10.9 Å². The fourth-order valence-electron chi connectivity index (χ4n) is 1.80. The van der Waals surface area contributed by atoms with Gasteiger partial charge >= 0.3 is 5.97 Å². The van der Waals surface area contributed by atoms with Crippen molar-refractivity contribution in [2.45, 2.75) is 10.9 Å². The summed E-state index contributed by atoms with van der Waals surface area (Å²) < 4.78 is 30.8. The van der Waals surface area contributed by atoms with Crippen LogP contribution in [0, 0.1) is 0 Å². The molecule has 1 aromatic heterocycles. The predicted octanol–water partition coefficient (Wildman–Crippen LogP) is -0.679. The van der Waals surface area contributed by atoms with Crippen LogP contribution in [-0.2, 0) is 19.6 Å². The molecule has 0 aromatic carbocycles. The van der Waals surface area contributed by atoms with Gasteiger partial charge in [0.2, 0.25) is 15.9 Å². The van der Waals surface area contributed by atoms with Gasteiger partial charge in [-0.15, -0.1) is 11.3 Å². The van der Waals surface area contributed by atoms with E-state index in [9.17, 15) is 18.0 Å². The molecule has 3 N–H and O–H groups in total. The summed E-state index contributed by atoms with van der Waals surface area (Å²) in [5.74, 6) is -2.01. The molecule has 2 rings (SSSR count). The second-order valence-corrected chi connectivity index (χ2v) is 6.86. The smallest absolute Gasteiger partial charge is 0.345 e. The molecule has 1 fully saturated rings.